The van der Waals surface area contributed by atoms with Crippen molar-refractivity contribution in [1.82, 2.24) is 0 Å². The van der Waals surface area contributed by atoms with Crippen LogP contribution in [0.3, 0.4) is 0 Å². The van der Waals surface area contributed by atoms with E-state index in [1.165, 1.54) is 0 Å². The molecule has 0 rings (SSSR count). The zero-order valence-electron chi connectivity index (χ0n) is 7.95. The zero-order valence-corrected chi connectivity index (χ0v) is 7.95. The molecule has 76 valence electrons. The topological polar surface area (TPSA) is 80.4 Å². The van der Waals surface area contributed by atoms with Crippen LogP contribution in [0, 0.1) is 5.92 Å². The van der Waals surface area contributed by atoms with E-state index in [4.69, 9.17) is 10.8 Å². The Hall–Kier alpha value is -1.06. The van der Waals surface area contributed by atoms with Gasteiger partial charge in [-0.05, 0) is 12.3 Å². The smallest absolute Gasteiger partial charge is 0.303 e. The third-order valence-electron chi connectivity index (χ3n) is 1.96. The third kappa shape index (κ3) is 7.31. The van der Waals surface area contributed by atoms with E-state index in [-0.39, 0.29) is 24.7 Å². The molecule has 1 unspecified atom stereocenters. The van der Waals surface area contributed by atoms with Gasteiger partial charge in [0.05, 0.1) is 0 Å². The Balaban J connectivity index is 3.79. The Morgan fingerprint density at radius 2 is 2.00 bits per heavy atom. The number of nitrogens with two attached hydrogens (primary N) is 1. The van der Waals surface area contributed by atoms with E-state index in [1.807, 2.05) is 6.92 Å². The fourth-order valence-electron chi connectivity index (χ4n) is 1.35. The maximum absolute atomic E-state index is 10.5. The molecule has 0 aliphatic rings. The summed E-state index contributed by atoms with van der Waals surface area (Å²) in [7, 11) is 0. The van der Waals surface area contributed by atoms with Crippen LogP contribution in [0.15, 0.2) is 0 Å². The van der Waals surface area contributed by atoms with Crippen molar-refractivity contribution in [2.75, 3.05) is 0 Å². The number of primary amides is 1. The van der Waals surface area contributed by atoms with Crippen LogP contribution in [0.5, 0.6) is 0 Å². The highest BCUT2D eigenvalue weighted by Gasteiger charge is 2.12. The summed E-state index contributed by atoms with van der Waals surface area (Å²) in [6, 6.07) is 0. The van der Waals surface area contributed by atoms with Crippen molar-refractivity contribution in [3.63, 3.8) is 0 Å². The summed E-state index contributed by atoms with van der Waals surface area (Å²) in [6.45, 7) is 2.00. The van der Waals surface area contributed by atoms with Gasteiger partial charge in [-0.15, -0.1) is 0 Å². The molecule has 0 bridgehead atoms. The molecule has 0 fully saturated rings. The monoisotopic (exact) mass is 187 g/mol. The standard InChI is InChI=1S/C9H17NO3/c1-2-3-7(6-9(12)13)4-5-8(10)11/h7H,2-6H2,1H3,(H2,10,11)(H,12,13). The number of carbonyl (C=O) groups is 2. The van der Waals surface area contributed by atoms with Crippen LogP contribution in [0.2, 0.25) is 0 Å². The lowest BCUT2D eigenvalue weighted by Crippen LogP contribution is -2.14. The van der Waals surface area contributed by atoms with Gasteiger partial charge in [0, 0.05) is 12.8 Å². The van der Waals surface area contributed by atoms with E-state index in [0.717, 1.165) is 12.8 Å². The average molecular weight is 187 g/mol. The first kappa shape index (κ1) is 11.9. The molecule has 0 aliphatic heterocycles. The van der Waals surface area contributed by atoms with Crippen LogP contribution in [0.4, 0.5) is 0 Å². The maximum atomic E-state index is 10.5. The van der Waals surface area contributed by atoms with E-state index in [2.05, 4.69) is 0 Å². The number of amides is 1. The lowest BCUT2D eigenvalue weighted by molar-refractivity contribution is -0.138. The van der Waals surface area contributed by atoms with Crippen molar-refractivity contribution < 1.29 is 14.7 Å². The molecule has 0 aromatic rings. The second-order valence-electron chi connectivity index (χ2n) is 3.26. The SMILES string of the molecule is CCCC(CCC(N)=O)CC(=O)O. The van der Waals surface area contributed by atoms with Crippen LogP contribution in [0.25, 0.3) is 0 Å². The Morgan fingerprint density at radius 3 is 2.38 bits per heavy atom. The van der Waals surface area contributed by atoms with Crippen molar-refractivity contribution >= 4 is 11.9 Å². The normalized spacial score (nSPS) is 12.4. The molecule has 4 nitrogen and oxygen atoms in total. The summed E-state index contributed by atoms with van der Waals surface area (Å²) < 4.78 is 0. The quantitative estimate of drug-likeness (QED) is 0.627. The average Bonchev–Trinajstić information content (AvgIpc) is 1.99. The van der Waals surface area contributed by atoms with Crippen LogP contribution in [-0.2, 0) is 9.59 Å². The van der Waals surface area contributed by atoms with E-state index >= 15 is 0 Å². The van der Waals surface area contributed by atoms with Crippen molar-refractivity contribution in [2.24, 2.45) is 11.7 Å². The molecular formula is C9H17NO3. The molecule has 0 radical (unpaired) electrons. The Kier molecular flexibility index (Phi) is 5.93. The van der Waals surface area contributed by atoms with Gasteiger partial charge in [0.2, 0.25) is 5.91 Å². The number of aliphatic carboxylic acids is 1. The van der Waals surface area contributed by atoms with Gasteiger partial charge >= 0.3 is 5.97 Å². The predicted octanol–water partition coefficient (Wildman–Crippen LogP) is 1.14. The highest BCUT2D eigenvalue weighted by atomic mass is 16.4. The first-order valence-corrected chi connectivity index (χ1v) is 4.56. The largest absolute Gasteiger partial charge is 0.481 e. The molecule has 0 aromatic heterocycles. The van der Waals surface area contributed by atoms with Gasteiger partial charge in [0.1, 0.15) is 0 Å². The molecule has 3 N–H and O–H groups in total. The van der Waals surface area contributed by atoms with Gasteiger partial charge < -0.3 is 10.8 Å². The molecule has 13 heavy (non-hydrogen) atoms. The van der Waals surface area contributed by atoms with Crippen molar-refractivity contribution in [3.8, 4) is 0 Å². The summed E-state index contributed by atoms with van der Waals surface area (Å²) in [4.78, 5) is 20.9. The Morgan fingerprint density at radius 1 is 1.38 bits per heavy atom. The summed E-state index contributed by atoms with van der Waals surface area (Å²) in [5, 5.41) is 8.56. The minimum atomic E-state index is -0.803. The fourth-order valence-corrected chi connectivity index (χ4v) is 1.35. The molecule has 4 heteroatoms. The van der Waals surface area contributed by atoms with E-state index in [1.54, 1.807) is 0 Å². The van der Waals surface area contributed by atoms with E-state index < -0.39 is 5.97 Å². The highest BCUT2D eigenvalue weighted by molar-refractivity contribution is 5.73. The minimum absolute atomic E-state index is 0.0926. The Labute approximate surface area is 78.1 Å². The zero-order chi connectivity index (χ0) is 10.3. The van der Waals surface area contributed by atoms with Gasteiger partial charge in [-0.25, -0.2) is 0 Å². The lowest BCUT2D eigenvalue weighted by Gasteiger charge is -2.11. The predicted molar refractivity (Wildman–Crippen MR) is 49.1 cm³/mol. The molecule has 0 saturated heterocycles. The second-order valence-corrected chi connectivity index (χ2v) is 3.26. The summed E-state index contributed by atoms with van der Waals surface area (Å²) >= 11 is 0. The minimum Gasteiger partial charge on any atom is -0.481 e. The molecule has 1 atom stereocenters. The molecular weight excluding hydrogens is 170 g/mol. The van der Waals surface area contributed by atoms with Crippen molar-refractivity contribution in [2.45, 2.75) is 39.0 Å². The van der Waals surface area contributed by atoms with Gasteiger partial charge in [-0.1, -0.05) is 19.8 Å². The van der Waals surface area contributed by atoms with Crippen LogP contribution < -0.4 is 5.73 Å². The summed E-state index contributed by atoms with van der Waals surface area (Å²) in [5.41, 5.74) is 4.98. The fraction of sp³-hybridized carbons (Fsp3) is 0.778. The van der Waals surface area contributed by atoms with Crippen LogP contribution in [-0.4, -0.2) is 17.0 Å². The van der Waals surface area contributed by atoms with Gasteiger partial charge in [-0.2, -0.15) is 0 Å². The molecule has 0 heterocycles. The first-order chi connectivity index (χ1) is 6.06. The lowest BCUT2D eigenvalue weighted by atomic mass is 9.94. The number of carboxylic acids is 1. The molecule has 0 spiro atoms. The Bertz CT molecular complexity index is 180. The molecule has 1 amide bonds. The molecule has 0 aliphatic carbocycles. The third-order valence-corrected chi connectivity index (χ3v) is 1.96. The molecule has 0 aromatic carbocycles. The van der Waals surface area contributed by atoms with Gasteiger partial charge in [0.15, 0.2) is 0 Å². The van der Waals surface area contributed by atoms with Crippen molar-refractivity contribution in [1.29, 1.82) is 0 Å². The second kappa shape index (κ2) is 6.46. The van der Waals surface area contributed by atoms with E-state index in [9.17, 15) is 9.59 Å². The number of rotatable bonds is 7. The number of carbonyl (C=O) groups excluding carboxylic acids is 1. The summed E-state index contributed by atoms with van der Waals surface area (Å²) in [6.07, 6.45) is 2.81. The van der Waals surface area contributed by atoms with Crippen LogP contribution in [0.1, 0.15) is 39.0 Å². The maximum Gasteiger partial charge on any atom is 0.303 e. The first-order valence-electron chi connectivity index (χ1n) is 4.56. The number of hydrogen-bond acceptors (Lipinski definition) is 2. The highest BCUT2D eigenvalue weighted by Crippen LogP contribution is 2.17. The van der Waals surface area contributed by atoms with Gasteiger partial charge in [0.25, 0.3) is 0 Å². The van der Waals surface area contributed by atoms with Crippen molar-refractivity contribution in [3.05, 3.63) is 0 Å². The number of hydrogen-bond donors (Lipinski definition) is 2. The van der Waals surface area contributed by atoms with Crippen LogP contribution >= 0.6 is 0 Å². The van der Waals surface area contributed by atoms with E-state index in [0.29, 0.717) is 6.42 Å². The number of carboxylic acid groups (broad SMARTS) is 1. The summed E-state index contributed by atoms with van der Waals surface area (Å²) in [5.74, 6) is -1.07. The molecule has 0 saturated carbocycles. The van der Waals surface area contributed by atoms with Gasteiger partial charge in [-0.3, -0.25) is 9.59 Å².